The van der Waals surface area contributed by atoms with Crippen molar-refractivity contribution in [3.05, 3.63) is 35.4 Å². The lowest BCUT2D eigenvalue weighted by Gasteiger charge is -2.27. The van der Waals surface area contributed by atoms with Crippen molar-refractivity contribution in [1.29, 1.82) is 0 Å². The van der Waals surface area contributed by atoms with Crippen molar-refractivity contribution in [2.75, 3.05) is 37.8 Å². The van der Waals surface area contributed by atoms with E-state index in [-0.39, 0.29) is 23.6 Å². The fourth-order valence-electron chi connectivity index (χ4n) is 3.21. The van der Waals surface area contributed by atoms with Gasteiger partial charge < -0.3 is 15.4 Å². The number of rotatable bonds is 5. The van der Waals surface area contributed by atoms with Crippen molar-refractivity contribution in [2.24, 2.45) is 0 Å². The molecular weight excluding hydrogens is 342 g/mol. The molecule has 0 aromatic heterocycles. The maximum absolute atomic E-state index is 12.0. The molecule has 2 aliphatic heterocycles. The first-order valence-corrected chi connectivity index (χ1v) is 10.5. The normalized spacial score (nSPS) is 23.3. The van der Waals surface area contributed by atoms with Crippen LogP contribution in [-0.2, 0) is 27.7 Å². The number of amides is 2. The number of morpholine rings is 1. The predicted molar refractivity (Wildman–Crippen MR) is 95.0 cm³/mol. The molecule has 2 amide bonds. The molecule has 0 saturated carbocycles. The van der Waals surface area contributed by atoms with Crippen LogP contribution in [0.15, 0.2) is 24.3 Å². The monoisotopic (exact) mass is 367 g/mol. The van der Waals surface area contributed by atoms with E-state index in [1.165, 1.54) is 5.56 Å². The zero-order chi connectivity index (χ0) is 17.7. The van der Waals surface area contributed by atoms with E-state index < -0.39 is 9.84 Å². The van der Waals surface area contributed by atoms with Crippen LogP contribution >= 0.6 is 0 Å². The Morgan fingerprint density at radius 2 is 1.92 bits per heavy atom. The van der Waals surface area contributed by atoms with E-state index in [2.05, 4.69) is 21.6 Å². The molecule has 2 heterocycles. The van der Waals surface area contributed by atoms with E-state index in [9.17, 15) is 13.2 Å². The lowest BCUT2D eigenvalue weighted by atomic mass is 10.1. The molecule has 2 saturated heterocycles. The summed E-state index contributed by atoms with van der Waals surface area (Å²) >= 11 is 0. The minimum atomic E-state index is -2.99. The van der Waals surface area contributed by atoms with Gasteiger partial charge in [-0.3, -0.25) is 4.90 Å². The minimum Gasteiger partial charge on any atom is -0.379 e. The van der Waals surface area contributed by atoms with Gasteiger partial charge in [0, 0.05) is 32.2 Å². The number of nitrogens with zero attached hydrogens (tertiary/aromatic N) is 1. The number of carbonyl (C=O) groups is 1. The van der Waals surface area contributed by atoms with Crippen LogP contribution in [0.3, 0.4) is 0 Å². The smallest absolute Gasteiger partial charge is 0.315 e. The van der Waals surface area contributed by atoms with Gasteiger partial charge in [0.05, 0.1) is 24.7 Å². The number of sulfone groups is 1. The Balaban J connectivity index is 1.51. The highest BCUT2D eigenvalue weighted by atomic mass is 32.2. The Morgan fingerprint density at radius 3 is 2.60 bits per heavy atom. The van der Waals surface area contributed by atoms with Gasteiger partial charge in [0.15, 0.2) is 9.84 Å². The third-order valence-electron chi connectivity index (χ3n) is 4.62. The Labute approximate surface area is 148 Å². The third kappa shape index (κ3) is 5.42. The quantitative estimate of drug-likeness (QED) is 0.792. The van der Waals surface area contributed by atoms with Gasteiger partial charge in [-0.1, -0.05) is 24.3 Å². The van der Waals surface area contributed by atoms with Crippen molar-refractivity contribution < 1.29 is 17.9 Å². The van der Waals surface area contributed by atoms with E-state index in [1.807, 2.05) is 18.2 Å². The van der Waals surface area contributed by atoms with Crippen LogP contribution in [0.25, 0.3) is 0 Å². The van der Waals surface area contributed by atoms with Crippen LogP contribution in [0, 0.1) is 0 Å². The molecule has 25 heavy (non-hydrogen) atoms. The van der Waals surface area contributed by atoms with Gasteiger partial charge in [0.1, 0.15) is 0 Å². The topological polar surface area (TPSA) is 87.7 Å². The SMILES string of the molecule is O=C(NCc1ccccc1CN1CCOCC1)NC1CCS(=O)(=O)C1. The zero-order valence-electron chi connectivity index (χ0n) is 14.2. The lowest BCUT2D eigenvalue weighted by Crippen LogP contribution is -2.42. The second-order valence-corrected chi connectivity index (χ2v) is 8.81. The Bertz CT molecular complexity index is 702. The molecule has 2 N–H and O–H groups in total. The summed E-state index contributed by atoms with van der Waals surface area (Å²) in [5.74, 6) is 0.189. The molecule has 1 atom stereocenters. The second kappa shape index (κ2) is 8.16. The average molecular weight is 367 g/mol. The molecule has 0 radical (unpaired) electrons. The highest BCUT2D eigenvalue weighted by molar-refractivity contribution is 7.91. The molecule has 138 valence electrons. The molecule has 7 nitrogen and oxygen atoms in total. The van der Waals surface area contributed by atoms with Crippen LogP contribution in [0.1, 0.15) is 17.5 Å². The van der Waals surface area contributed by atoms with Crippen molar-refractivity contribution in [2.45, 2.75) is 25.6 Å². The number of nitrogens with one attached hydrogen (secondary N) is 2. The fraction of sp³-hybridized carbons (Fsp3) is 0.588. The maximum Gasteiger partial charge on any atom is 0.315 e. The number of carbonyl (C=O) groups excluding carboxylic acids is 1. The molecule has 2 aliphatic rings. The van der Waals surface area contributed by atoms with E-state index in [4.69, 9.17) is 4.74 Å². The summed E-state index contributed by atoms with van der Waals surface area (Å²) in [6, 6.07) is 7.45. The molecule has 2 fully saturated rings. The second-order valence-electron chi connectivity index (χ2n) is 6.58. The van der Waals surface area contributed by atoms with Crippen molar-refractivity contribution in [3.63, 3.8) is 0 Å². The molecule has 0 bridgehead atoms. The highest BCUT2D eigenvalue weighted by Crippen LogP contribution is 2.13. The molecule has 1 aromatic carbocycles. The summed E-state index contributed by atoms with van der Waals surface area (Å²) in [6.07, 6.45) is 0.489. The lowest BCUT2D eigenvalue weighted by molar-refractivity contribution is 0.0341. The van der Waals surface area contributed by atoms with Crippen LogP contribution in [0.2, 0.25) is 0 Å². The first kappa shape index (κ1) is 18.2. The molecule has 3 rings (SSSR count). The Hall–Kier alpha value is -1.64. The molecule has 1 unspecified atom stereocenters. The minimum absolute atomic E-state index is 0.0358. The maximum atomic E-state index is 12.0. The molecule has 1 aromatic rings. The summed E-state index contributed by atoms with van der Waals surface area (Å²) in [5, 5.41) is 5.59. The van der Waals surface area contributed by atoms with Gasteiger partial charge in [-0.05, 0) is 17.5 Å². The van der Waals surface area contributed by atoms with Crippen LogP contribution in [-0.4, -0.2) is 63.2 Å². The van der Waals surface area contributed by atoms with E-state index in [1.54, 1.807) is 0 Å². The Morgan fingerprint density at radius 1 is 1.20 bits per heavy atom. The highest BCUT2D eigenvalue weighted by Gasteiger charge is 2.28. The first-order valence-electron chi connectivity index (χ1n) is 8.63. The van der Waals surface area contributed by atoms with Crippen molar-refractivity contribution >= 4 is 15.9 Å². The first-order chi connectivity index (χ1) is 12.0. The van der Waals surface area contributed by atoms with Gasteiger partial charge in [-0.15, -0.1) is 0 Å². The molecule has 0 aliphatic carbocycles. The van der Waals surface area contributed by atoms with Gasteiger partial charge in [-0.25, -0.2) is 13.2 Å². The van der Waals surface area contributed by atoms with Crippen molar-refractivity contribution in [1.82, 2.24) is 15.5 Å². The number of benzene rings is 1. The largest absolute Gasteiger partial charge is 0.379 e. The van der Waals surface area contributed by atoms with Crippen LogP contribution in [0.5, 0.6) is 0 Å². The standard InChI is InChI=1S/C17H25N3O4S/c21-17(19-16-5-10-25(22,23)13-16)18-11-14-3-1-2-4-15(14)12-20-6-8-24-9-7-20/h1-4,16H,5-13H2,(H2,18,19,21). The fourth-order valence-corrected chi connectivity index (χ4v) is 4.88. The molecular formula is C17H25N3O4S. The van der Waals surface area contributed by atoms with Gasteiger partial charge >= 0.3 is 6.03 Å². The third-order valence-corrected chi connectivity index (χ3v) is 6.39. The number of hydrogen-bond donors (Lipinski definition) is 2. The van der Waals surface area contributed by atoms with E-state index in [0.717, 1.165) is 38.4 Å². The van der Waals surface area contributed by atoms with Gasteiger partial charge in [0.25, 0.3) is 0 Å². The van der Waals surface area contributed by atoms with E-state index >= 15 is 0 Å². The predicted octanol–water partition coefficient (Wildman–Crippen LogP) is 0.505. The van der Waals surface area contributed by atoms with Crippen LogP contribution in [0.4, 0.5) is 4.79 Å². The summed E-state index contributed by atoms with van der Waals surface area (Å²) in [7, 11) is -2.99. The van der Waals surface area contributed by atoms with Gasteiger partial charge in [-0.2, -0.15) is 0 Å². The Kier molecular flexibility index (Phi) is 5.93. The van der Waals surface area contributed by atoms with Crippen molar-refractivity contribution in [3.8, 4) is 0 Å². The summed E-state index contributed by atoms with van der Waals surface area (Å²) in [6.45, 7) is 4.60. The number of hydrogen-bond acceptors (Lipinski definition) is 5. The van der Waals surface area contributed by atoms with E-state index in [0.29, 0.717) is 13.0 Å². The summed E-state index contributed by atoms with van der Waals surface area (Å²) in [4.78, 5) is 14.4. The number of ether oxygens (including phenoxy) is 1. The number of urea groups is 1. The average Bonchev–Trinajstić information content (AvgIpc) is 2.93. The molecule has 0 spiro atoms. The van der Waals surface area contributed by atoms with Gasteiger partial charge in [0.2, 0.25) is 0 Å². The zero-order valence-corrected chi connectivity index (χ0v) is 15.1. The summed E-state index contributed by atoms with van der Waals surface area (Å²) < 4.78 is 28.3. The van der Waals surface area contributed by atoms with Crippen LogP contribution < -0.4 is 10.6 Å². The molecule has 8 heteroatoms. The summed E-state index contributed by atoms with van der Waals surface area (Å²) in [5.41, 5.74) is 2.26.